The van der Waals surface area contributed by atoms with Crippen molar-refractivity contribution in [2.24, 2.45) is 5.92 Å². The standard InChI is InChI=1S/C14H17ClO3/c1-9(14(17)18)7-11-5-3-4-6-12(11)13(15)8-10(2)16/h3-6,9,13H,7-8H2,1-2H3,(H,17,18). The van der Waals surface area contributed by atoms with Gasteiger partial charge in [-0.25, -0.2) is 0 Å². The highest BCUT2D eigenvalue weighted by atomic mass is 35.5. The van der Waals surface area contributed by atoms with Crippen molar-refractivity contribution in [2.45, 2.75) is 32.1 Å². The molecule has 0 spiro atoms. The molecule has 0 aromatic heterocycles. The molecule has 0 radical (unpaired) electrons. The maximum atomic E-state index is 11.1. The number of hydrogen-bond donors (Lipinski definition) is 1. The van der Waals surface area contributed by atoms with Gasteiger partial charge in [0.25, 0.3) is 0 Å². The van der Waals surface area contributed by atoms with Gasteiger partial charge in [-0.1, -0.05) is 31.2 Å². The molecule has 1 N–H and O–H groups in total. The molecule has 0 amide bonds. The second kappa shape index (κ2) is 6.55. The Kier molecular flexibility index (Phi) is 5.35. The van der Waals surface area contributed by atoms with E-state index in [0.29, 0.717) is 6.42 Å². The number of Topliss-reactive ketones (excluding diaryl/α,β-unsaturated/α-hetero) is 1. The number of carboxylic acids is 1. The summed E-state index contributed by atoms with van der Waals surface area (Å²) < 4.78 is 0. The number of benzene rings is 1. The summed E-state index contributed by atoms with van der Waals surface area (Å²) in [5.41, 5.74) is 1.75. The van der Waals surface area contributed by atoms with Crippen LogP contribution >= 0.6 is 11.6 Å². The van der Waals surface area contributed by atoms with E-state index in [1.807, 2.05) is 24.3 Å². The molecule has 1 aromatic rings. The molecule has 0 aliphatic carbocycles. The average Bonchev–Trinajstić information content (AvgIpc) is 2.28. The maximum absolute atomic E-state index is 11.1. The summed E-state index contributed by atoms with van der Waals surface area (Å²) in [4.78, 5) is 22.0. The van der Waals surface area contributed by atoms with E-state index in [4.69, 9.17) is 16.7 Å². The van der Waals surface area contributed by atoms with Crippen LogP contribution in [0.15, 0.2) is 24.3 Å². The smallest absolute Gasteiger partial charge is 0.306 e. The molecule has 0 bridgehead atoms. The summed E-state index contributed by atoms with van der Waals surface area (Å²) >= 11 is 6.20. The third kappa shape index (κ3) is 4.15. The molecule has 4 heteroatoms. The monoisotopic (exact) mass is 268 g/mol. The van der Waals surface area contributed by atoms with Crippen molar-refractivity contribution in [1.82, 2.24) is 0 Å². The van der Waals surface area contributed by atoms with Gasteiger partial charge in [0, 0.05) is 6.42 Å². The maximum Gasteiger partial charge on any atom is 0.306 e. The number of aliphatic carboxylic acids is 1. The number of carbonyl (C=O) groups is 2. The Morgan fingerprint density at radius 1 is 1.33 bits per heavy atom. The van der Waals surface area contributed by atoms with Gasteiger partial charge in [-0.3, -0.25) is 9.59 Å². The summed E-state index contributed by atoms with van der Waals surface area (Å²) in [6.45, 7) is 3.16. The van der Waals surface area contributed by atoms with Crippen molar-refractivity contribution in [3.05, 3.63) is 35.4 Å². The fourth-order valence-electron chi connectivity index (χ4n) is 1.81. The summed E-state index contributed by atoms with van der Waals surface area (Å²) in [6, 6.07) is 7.42. The number of carbonyl (C=O) groups excluding carboxylic acids is 1. The highest BCUT2D eigenvalue weighted by molar-refractivity contribution is 6.22. The Morgan fingerprint density at radius 3 is 2.50 bits per heavy atom. The van der Waals surface area contributed by atoms with E-state index in [2.05, 4.69) is 0 Å². The molecule has 0 saturated heterocycles. The van der Waals surface area contributed by atoms with Crippen LogP contribution in [0.25, 0.3) is 0 Å². The van der Waals surface area contributed by atoms with Crippen LogP contribution in [-0.4, -0.2) is 16.9 Å². The number of hydrogen-bond acceptors (Lipinski definition) is 2. The van der Waals surface area contributed by atoms with Crippen molar-refractivity contribution in [2.75, 3.05) is 0 Å². The van der Waals surface area contributed by atoms with Gasteiger partial charge in [0.1, 0.15) is 5.78 Å². The van der Waals surface area contributed by atoms with Crippen LogP contribution in [0.3, 0.4) is 0 Å². The lowest BCUT2D eigenvalue weighted by Gasteiger charge is -2.15. The van der Waals surface area contributed by atoms with Crippen molar-refractivity contribution in [1.29, 1.82) is 0 Å². The molecule has 0 heterocycles. The normalized spacial score (nSPS) is 13.9. The van der Waals surface area contributed by atoms with E-state index in [0.717, 1.165) is 11.1 Å². The largest absolute Gasteiger partial charge is 0.481 e. The Bertz CT molecular complexity index is 442. The lowest BCUT2D eigenvalue weighted by molar-refractivity contribution is -0.141. The van der Waals surface area contributed by atoms with Crippen LogP contribution in [0.1, 0.15) is 36.8 Å². The topological polar surface area (TPSA) is 54.4 Å². The first-order valence-corrected chi connectivity index (χ1v) is 6.29. The predicted octanol–water partition coefficient (Wildman–Crippen LogP) is 3.21. The van der Waals surface area contributed by atoms with Crippen LogP contribution in [-0.2, 0) is 16.0 Å². The fraction of sp³-hybridized carbons (Fsp3) is 0.429. The van der Waals surface area contributed by atoms with Crippen LogP contribution in [0.2, 0.25) is 0 Å². The molecule has 3 nitrogen and oxygen atoms in total. The molecular formula is C14H17ClO3. The van der Waals surface area contributed by atoms with E-state index in [1.54, 1.807) is 6.92 Å². The van der Waals surface area contributed by atoms with Crippen molar-refractivity contribution in [3.8, 4) is 0 Å². The molecule has 1 rings (SSSR count). The number of carboxylic acid groups (broad SMARTS) is 1. The molecule has 0 saturated carbocycles. The van der Waals surface area contributed by atoms with Gasteiger partial charge in [0.15, 0.2) is 0 Å². The Balaban J connectivity index is 2.91. The van der Waals surface area contributed by atoms with Gasteiger partial charge < -0.3 is 5.11 Å². The van der Waals surface area contributed by atoms with Crippen LogP contribution in [0.4, 0.5) is 0 Å². The highest BCUT2D eigenvalue weighted by Gasteiger charge is 2.18. The zero-order chi connectivity index (χ0) is 13.7. The summed E-state index contributed by atoms with van der Waals surface area (Å²) in [7, 11) is 0. The average molecular weight is 269 g/mol. The summed E-state index contributed by atoms with van der Waals surface area (Å²) in [5, 5.41) is 8.54. The Morgan fingerprint density at radius 2 is 1.94 bits per heavy atom. The second-order valence-electron chi connectivity index (χ2n) is 4.52. The molecular weight excluding hydrogens is 252 g/mol. The minimum absolute atomic E-state index is 0.0242. The first-order chi connectivity index (χ1) is 8.41. The lowest BCUT2D eigenvalue weighted by atomic mass is 9.94. The molecule has 98 valence electrons. The van der Waals surface area contributed by atoms with Crippen LogP contribution in [0, 0.1) is 5.92 Å². The van der Waals surface area contributed by atoms with Gasteiger partial charge in [0.05, 0.1) is 11.3 Å². The van der Waals surface area contributed by atoms with Gasteiger partial charge in [-0.2, -0.15) is 0 Å². The number of ketones is 1. The first kappa shape index (κ1) is 14.7. The van der Waals surface area contributed by atoms with E-state index in [9.17, 15) is 9.59 Å². The van der Waals surface area contributed by atoms with E-state index < -0.39 is 11.9 Å². The molecule has 0 aliphatic rings. The van der Waals surface area contributed by atoms with E-state index in [-0.39, 0.29) is 17.6 Å². The Hall–Kier alpha value is -1.35. The van der Waals surface area contributed by atoms with E-state index >= 15 is 0 Å². The summed E-state index contributed by atoms with van der Waals surface area (Å²) in [6.07, 6.45) is 0.687. The van der Waals surface area contributed by atoms with Gasteiger partial charge >= 0.3 is 5.97 Å². The van der Waals surface area contributed by atoms with Gasteiger partial charge in [-0.15, -0.1) is 11.6 Å². The fourth-order valence-corrected chi connectivity index (χ4v) is 2.24. The SMILES string of the molecule is CC(=O)CC(Cl)c1ccccc1CC(C)C(=O)O. The lowest BCUT2D eigenvalue weighted by Crippen LogP contribution is -2.14. The highest BCUT2D eigenvalue weighted by Crippen LogP contribution is 2.28. The van der Waals surface area contributed by atoms with Crippen molar-refractivity contribution in [3.63, 3.8) is 0 Å². The van der Waals surface area contributed by atoms with E-state index in [1.165, 1.54) is 6.92 Å². The number of rotatable bonds is 6. The zero-order valence-corrected chi connectivity index (χ0v) is 11.3. The van der Waals surface area contributed by atoms with Crippen molar-refractivity contribution < 1.29 is 14.7 Å². The molecule has 18 heavy (non-hydrogen) atoms. The molecule has 2 unspecified atom stereocenters. The number of halogens is 1. The molecule has 0 aliphatic heterocycles. The minimum Gasteiger partial charge on any atom is -0.481 e. The zero-order valence-electron chi connectivity index (χ0n) is 10.5. The number of alkyl halides is 1. The minimum atomic E-state index is -0.831. The van der Waals surface area contributed by atoms with Gasteiger partial charge in [0.2, 0.25) is 0 Å². The van der Waals surface area contributed by atoms with Crippen LogP contribution in [0.5, 0.6) is 0 Å². The first-order valence-electron chi connectivity index (χ1n) is 5.86. The summed E-state index contributed by atoms with van der Waals surface area (Å²) in [5.74, 6) is -1.27. The third-order valence-corrected chi connectivity index (χ3v) is 3.20. The molecule has 1 aromatic carbocycles. The quantitative estimate of drug-likeness (QED) is 0.806. The Labute approximate surface area is 112 Å². The second-order valence-corrected chi connectivity index (χ2v) is 5.04. The predicted molar refractivity (Wildman–Crippen MR) is 70.8 cm³/mol. The molecule has 2 atom stereocenters. The van der Waals surface area contributed by atoms with Crippen molar-refractivity contribution >= 4 is 23.4 Å². The van der Waals surface area contributed by atoms with Crippen LogP contribution < -0.4 is 0 Å². The third-order valence-electron chi connectivity index (χ3n) is 2.81. The molecule has 0 fully saturated rings. The van der Waals surface area contributed by atoms with Gasteiger partial charge in [-0.05, 0) is 24.5 Å².